The lowest BCUT2D eigenvalue weighted by Gasteiger charge is -2.26. The van der Waals surface area contributed by atoms with Crippen molar-refractivity contribution in [3.8, 4) is 0 Å². The Morgan fingerprint density at radius 2 is 1.86 bits per heavy atom. The van der Waals surface area contributed by atoms with Crippen LogP contribution in [0.15, 0.2) is 42.5 Å². The Morgan fingerprint density at radius 1 is 1.05 bits per heavy atom. The molecule has 0 saturated carbocycles. The molecule has 0 bridgehead atoms. The van der Waals surface area contributed by atoms with Crippen LogP contribution in [0.5, 0.6) is 0 Å². The summed E-state index contributed by atoms with van der Waals surface area (Å²) in [4.78, 5) is 28.2. The summed E-state index contributed by atoms with van der Waals surface area (Å²) in [5, 5.41) is 5.13. The summed E-state index contributed by atoms with van der Waals surface area (Å²) in [6, 6.07) is 12.9. The Hall–Kier alpha value is -2.40. The highest BCUT2D eigenvalue weighted by Gasteiger charge is 2.46. The minimum atomic E-state index is -0.370. The van der Waals surface area contributed by atoms with Crippen LogP contribution in [0.1, 0.15) is 0 Å². The summed E-state index contributed by atoms with van der Waals surface area (Å²) >= 11 is 0. The van der Waals surface area contributed by atoms with Gasteiger partial charge in [-0.3, -0.25) is 4.79 Å². The molecule has 106 valence electrons. The lowest BCUT2D eigenvalue weighted by Crippen LogP contribution is -2.51. The molecule has 0 aliphatic carbocycles. The van der Waals surface area contributed by atoms with E-state index in [-0.39, 0.29) is 18.0 Å². The minimum absolute atomic E-state index is 0.136. The molecule has 0 aromatic heterocycles. The van der Waals surface area contributed by atoms with E-state index >= 15 is 0 Å². The standard InChI is InChI=1S/C16H15N3O2/c20-15-14-10-17-8-9-18(14)16(21)19(15)13-7-3-5-11-4-1-2-6-12(11)13/h1-7,14,17H,8-10H2. The topological polar surface area (TPSA) is 52.7 Å². The quantitative estimate of drug-likeness (QED) is 0.807. The van der Waals surface area contributed by atoms with Crippen LogP contribution in [-0.4, -0.2) is 42.5 Å². The first-order valence-corrected chi connectivity index (χ1v) is 7.10. The van der Waals surface area contributed by atoms with E-state index in [9.17, 15) is 9.59 Å². The Bertz CT molecular complexity index is 714. The molecule has 5 nitrogen and oxygen atoms in total. The molecular formula is C16H15N3O2. The summed E-state index contributed by atoms with van der Waals surface area (Å²) in [5.41, 5.74) is 0.678. The number of nitrogens with one attached hydrogen (secondary N) is 1. The Morgan fingerprint density at radius 3 is 2.71 bits per heavy atom. The maximum atomic E-state index is 12.6. The third-order valence-electron chi connectivity index (χ3n) is 4.19. The van der Waals surface area contributed by atoms with Crippen molar-refractivity contribution in [1.29, 1.82) is 0 Å². The molecule has 4 rings (SSSR count). The first-order valence-electron chi connectivity index (χ1n) is 7.10. The van der Waals surface area contributed by atoms with Gasteiger partial charge in [0, 0.05) is 25.0 Å². The maximum absolute atomic E-state index is 12.6. The second-order valence-electron chi connectivity index (χ2n) is 5.37. The van der Waals surface area contributed by atoms with Crippen LogP contribution in [0.4, 0.5) is 10.5 Å². The van der Waals surface area contributed by atoms with Gasteiger partial charge in [0.2, 0.25) is 0 Å². The average molecular weight is 281 g/mol. The molecule has 2 fully saturated rings. The number of benzene rings is 2. The number of anilines is 1. The molecule has 1 unspecified atom stereocenters. The first-order chi connectivity index (χ1) is 10.3. The van der Waals surface area contributed by atoms with Gasteiger partial charge in [-0.2, -0.15) is 0 Å². The van der Waals surface area contributed by atoms with E-state index in [1.165, 1.54) is 4.90 Å². The largest absolute Gasteiger partial charge is 0.332 e. The van der Waals surface area contributed by atoms with E-state index in [4.69, 9.17) is 0 Å². The van der Waals surface area contributed by atoms with Crippen LogP contribution in [0, 0.1) is 0 Å². The van der Waals surface area contributed by atoms with Crippen molar-refractivity contribution in [3.05, 3.63) is 42.5 Å². The summed E-state index contributed by atoms with van der Waals surface area (Å²) < 4.78 is 0. The van der Waals surface area contributed by atoms with Crippen molar-refractivity contribution in [2.24, 2.45) is 0 Å². The summed E-state index contributed by atoms with van der Waals surface area (Å²) in [6.45, 7) is 1.85. The number of urea groups is 1. The number of rotatable bonds is 1. The molecule has 2 aliphatic heterocycles. The number of carbonyl (C=O) groups is 2. The number of nitrogens with zero attached hydrogens (tertiary/aromatic N) is 2. The third-order valence-corrected chi connectivity index (χ3v) is 4.19. The molecule has 2 aromatic carbocycles. The molecule has 2 heterocycles. The minimum Gasteiger partial charge on any atom is -0.312 e. The number of fused-ring (bicyclic) bond motifs is 2. The molecule has 0 spiro atoms. The van der Waals surface area contributed by atoms with Crippen LogP contribution < -0.4 is 10.2 Å². The molecule has 21 heavy (non-hydrogen) atoms. The molecule has 1 atom stereocenters. The van der Waals surface area contributed by atoms with Gasteiger partial charge in [0.1, 0.15) is 6.04 Å². The van der Waals surface area contributed by atoms with Crippen LogP contribution in [0.3, 0.4) is 0 Å². The zero-order valence-electron chi connectivity index (χ0n) is 11.5. The van der Waals surface area contributed by atoms with Gasteiger partial charge in [-0.05, 0) is 11.5 Å². The van der Waals surface area contributed by atoms with Gasteiger partial charge in [0.05, 0.1) is 5.69 Å². The van der Waals surface area contributed by atoms with Crippen LogP contribution >= 0.6 is 0 Å². The van der Waals surface area contributed by atoms with Crippen molar-refractivity contribution < 1.29 is 9.59 Å². The smallest absolute Gasteiger partial charge is 0.312 e. The molecule has 3 amide bonds. The number of imide groups is 1. The van der Waals surface area contributed by atoms with Gasteiger partial charge in [-0.25, -0.2) is 9.69 Å². The van der Waals surface area contributed by atoms with E-state index in [0.717, 1.165) is 17.3 Å². The van der Waals surface area contributed by atoms with Gasteiger partial charge in [-0.15, -0.1) is 0 Å². The van der Waals surface area contributed by atoms with Crippen molar-refractivity contribution in [1.82, 2.24) is 10.2 Å². The molecule has 2 saturated heterocycles. The molecule has 1 N–H and O–H groups in total. The van der Waals surface area contributed by atoms with Gasteiger partial charge in [-0.1, -0.05) is 36.4 Å². The van der Waals surface area contributed by atoms with E-state index < -0.39 is 0 Å². The maximum Gasteiger partial charge on any atom is 0.332 e. The number of carbonyl (C=O) groups excluding carboxylic acids is 2. The normalized spacial score (nSPS) is 22.0. The zero-order valence-corrected chi connectivity index (χ0v) is 11.5. The zero-order chi connectivity index (χ0) is 14.4. The Labute approximate surface area is 122 Å². The van der Waals surface area contributed by atoms with Crippen LogP contribution in [0.25, 0.3) is 10.8 Å². The van der Waals surface area contributed by atoms with E-state index in [0.29, 0.717) is 18.8 Å². The number of hydrogen-bond donors (Lipinski definition) is 1. The molecule has 2 aromatic rings. The van der Waals surface area contributed by atoms with E-state index in [1.54, 1.807) is 4.90 Å². The highest BCUT2D eigenvalue weighted by Crippen LogP contribution is 2.32. The van der Waals surface area contributed by atoms with Crippen molar-refractivity contribution in [3.63, 3.8) is 0 Å². The van der Waals surface area contributed by atoms with E-state index in [2.05, 4.69) is 5.32 Å². The predicted molar refractivity (Wildman–Crippen MR) is 80.2 cm³/mol. The second kappa shape index (κ2) is 4.56. The SMILES string of the molecule is O=C1C2CNCCN2C(=O)N1c1cccc2ccccc12. The molecule has 2 aliphatic rings. The summed E-state index contributed by atoms with van der Waals surface area (Å²) in [5.74, 6) is -0.136. The lowest BCUT2D eigenvalue weighted by atomic mass is 10.1. The fraction of sp³-hybridized carbons (Fsp3) is 0.250. The fourth-order valence-electron chi connectivity index (χ4n) is 3.15. The Kier molecular flexibility index (Phi) is 2.68. The third kappa shape index (κ3) is 1.74. The fourth-order valence-corrected chi connectivity index (χ4v) is 3.15. The van der Waals surface area contributed by atoms with E-state index in [1.807, 2.05) is 42.5 Å². The number of amides is 3. The van der Waals surface area contributed by atoms with Gasteiger partial charge >= 0.3 is 6.03 Å². The molecule has 5 heteroatoms. The van der Waals surface area contributed by atoms with Gasteiger partial charge in [0.15, 0.2) is 0 Å². The van der Waals surface area contributed by atoms with Crippen molar-refractivity contribution in [2.75, 3.05) is 24.5 Å². The van der Waals surface area contributed by atoms with Crippen LogP contribution in [-0.2, 0) is 4.79 Å². The molecular weight excluding hydrogens is 266 g/mol. The van der Waals surface area contributed by atoms with Crippen molar-refractivity contribution in [2.45, 2.75) is 6.04 Å². The average Bonchev–Trinajstić information content (AvgIpc) is 2.79. The highest BCUT2D eigenvalue weighted by molar-refractivity contribution is 6.24. The molecule has 0 radical (unpaired) electrons. The summed E-state index contributed by atoms with van der Waals surface area (Å²) in [7, 11) is 0. The highest BCUT2D eigenvalue weighted by atomic mass is 16.2. The monoisotopic (exact) mass is 281 g/mol. The van der Waals surface area contributed by atoms with Gasteiger partial charge < -0.3 is 10.2 Å². The Balaban J connectivity index is 1.85. The van der Waals surface area contributed by atoms with Crippen LogP contribution in [0.2, 0.25) is 0 Å². The lowest BCUT2D eigenvalue weighted by molar-refractivity contribution is -0.119. The number of piperazine rings is 1. The first kappa shape index (κ1) is 12.3. The predicted octanol–water partition coefficient (Wildman–Crippen LogP) is 1.58. The summed E-state index contributed by atoms with van der Waals surface area (Å²) in [6.07, 6.45) is 0. The van der Waals surface area contributed by atoms with Gasteiger partial charge in [0.25, 0.3) is 5.91 Å². The van der Waals surface area contributed by atoms with Crippen molar-refractivity contribution >= 4 is 28.4 Å². The number of hydrogen-bond acceptors (Lipinski definition) is 3. The second-order valence-corrected chi connectivity index (χ2v) is 5.37.